The number of rotatable bonds is 5. The summed E-state index contributed by atoms with van der Waals surface area (Å²) in [7, 11) is 0. The van der Waals surface area contributed by atoms with Gasteiger partial charge in [-0.2, -0.15) is 0 Å². The summed E-state index contributed by atoms with van der Waals surface area (Å²) < 4.78 is 5.55. The summed E-state index contributed by atoms with van der Waals surface area (Å²) in [4.78, 5) is 28.7. The Morgan fingerprint density at radius 2 is 2.22 bits per heavy atom. The van der Waals surface area contributed by atoms with Gasteiger partial charge in [0.25, 0.3) is 0 Å². The second-order valence-corrected chi connectivity index (χ2v) is 6.14. The van der Waals surface area contributed by atoms with Crippen molar-refractivity contribution in [3.63, 3.8) is 0 Å². The molecule has 2 N–H and O–H groups in total. The Balaban J connectivity index is 1.45. The molecule has 2 aromatic heterocycles. The molecule has 0 radical (unpaired) electrons. The minimum atomic E-state index is 0.152. The van der Waals surface area contributed by atoms with Gasteiger partial charge in [-0.1, -0.05) is 24.1 Å². The fourth-order valence-electron chi connectivity index (χ4n) is 2.94. The van der Waals surface area contributed by atoms with Crippen LogP contribution in [0.2, 0.25) is 0 Å². The zero-order valence-electron chi connectivity index (χ0n) is 14.6. The molecule has 1 aromatic carbocycles. The SMILES string of the molecule is O=CN1CCC(Nc2ncnc3[nH]c(C#CCOc4ccccc4)nc23)C1. The number of nitrogens with one attached hydrogen (secondary N) is 2. The summed E-state index contributed by atoms with van der Waals surface area (Å²) in [6.07, 6.45) is 3.22. The number of aromatic amines is 1. The fraction of sp³-hybridized carbons (Fsp3) is 0.263. The zero-order chi connectivity index (χ0) is 18.5. The third-order valence-corrected chi connectivity index (χ3v) is 4.25. The highest BCUT2D eigenvalue weighted by Gasteiger charge is 2.22. The van der Waals surface area contributed by atoms with E-state index in [2.05, 4.69) is 37.1 Å². The third kappa shape index (κ3) is 3.98. The molecule has 3 aromatic rings. The van der Waals surface area contributed by atoms with Crippen LogP contribution in [0.4, 0.5) is 5.82 Å². The van der Waals surface area contributed by atoms with E-state index in [4.69, 9.17) is 4.74 Å². The maximum atomic E-state index is 10.9. The monoisotopic (exact) mass is 362 g/mol. The summed E-state index contributed by atoms with van der Waals surface area (Å²) in [6.45, 7) is 1.67. The highest BCUT2D eigenvalue weighted by molar-refractivity contribution is 5.83. The first-order chi connectivity index (χ1) is 13.3. The minimum absolute atomic E-state index is 0.152. The van der Waals surface area contributed by atoms with Gasteiger partial charge in [-0.3, -0.25) is 4.79 Å². The summed E-state index contributed by atoms with van der Waals surface area (Å²) in [5, 5.41) is 3.34. The Hall–Kier alpha value is -3.60. The molecule has 1 saturated heterocycles. The van der Waals surface area contributed by atoms with Crippen LogP contribution < -0.4 is 10.1 Å². The summed E-state index contributed by atoms with van der Waals surface area (Å²) in [6, 6.07) is 9.67. The first kappa shape index (κ1) is 16.8. The fourth-order valence-corrected chi connectivity index (χ4v) is 2.94. The predicted molar refractivity (Wildman–Crippen MR) is 100 cm³/mol. The molecule has 1 fully saturated rings. The van der Waals surface area contributed by atoms with Crippen LogP contribution in [0, 0.1) is 11.8 Å². The van der Waals surface area contributed by atoms with Crippen LogP contribution in [0.1, 0.15) is 12.2 Å². The number of carbonyl (C=O) groups is 1. The van der Waals surface area contributed by atoms with Crippen LogP contribution in [-0.4, -0.2) is 57.0 Å². The van der Waals surface area contributed by atoms with Gasteiger partial charge in [-0.25, -0.2) is 15.0 Å². The average molecular weight is 362 g/mol. The highest BCUT2D eigenvalue weighted by Crippen LogP contribution is 2.19. The van der Waals surface area contributed by atoms with Gasteiger partial charge in [-0.05, 0) is 24.5 Å². The van der Waals surface area contributed by atoms with Gasteiger partial charge in [0.1, 0.15) is 18.7 Å². The largest absolute Gasteiger partial charge is 0.481 e. The number of anilines is 1. The Morgan fingerprint density at radius 3 is 3.04 bits per heavy atom. The molecule has 4 rings (SSSR count). The van der Waals surface area contributed by atoms with Gasteiger partial charge in [-0.15, -0.1) is 0 Å². The van der Waals surface area contributed by atoms with Crippen molar-refractivity contribution in [2.75, 3.05) is 25.0 Å². The molecule has 1 aliphatic heterocycles. The molecule has 1 atom stereocenters. The van der Waals surface area contributed by atoms with E-state index in [1.54, 1.807) is 4.90 Å². The van der Waals surface area contributed by atoms with Crippen LogP contribution in [0.3, 0.4) is 0 Å². The molecule has 0 aliphatic carbocycles. The molecule has 136 valence electrons. The maximum absolute atomic E-state index is 10.9. The summed E-state index contributed by atoms with van der Waals surface area (Å²) in [5.41, 5.74) is 1.25. The molecular weight excluding hydrogens is 344 g/mol. The van der Waals surface area contributed by atoms with Crippen molar-refractivity contribution in [3.8, 4) is 17.6 Å². The first-order valence-electron chi connectivity index (χ1n) is 8.65. The van der Waals surface area contributed by atoms with E-state index in [-0.39, 0.29) is 12.6 Å². The number of hydrogen-bond donors (Lipinski definition) is 2. The molecule has 0 spiro atoms. The van der Waals surface area contributed by atoms with Gasteiger partial charge < -0.3 is 19.9 Å². The van der Waals surface area contributed by atoms with E-state index in [1.165, 1.54) is 6.33 Å². The smallest absolute Gasteiger partial charge is 0.209 e. The maximum Gasteiger partial charge on any atom is 0.209 e. The van der Waals surface area contributed by atoms with Crippen molar-refractivity contribution >= 4 is 23.4 Å². The number of imidazole rings is 1. The number of hydrogen-bond acceptors (Lipinski definition) is 6. The molecule has 0 bridgehead atoms. The zero-order valence-corrected chi connectivity index (χ0v) is 14.6. The van der Waals surface area contributed by atoms with Crippen LogP contribution in [-0.2, 0) is 4.79 Å². The summed E-state index contributed by atoms with van der Waals surface area (Å²) in [5.74, 6) is 7.81. The number of carbonyl (C=O) groups excluding carboxylic acids is 1. The molecule has 1 unspecified atom stereocenters. The normalized spacial score (nSPS) is 16.0. The van der Waals surface area contributed by atoms with E-state index < -0.39 is 0 Å². The molecule has 1 aliphatic rings. The Labute approximate surface area is 156 Å². The lowest BCUT2D eigenvalue weighted by atomic mass is 10.2. The molecule has 1 amide bonds. The number of H-pyrrole nitrogens is 1. The lowest BCUT2D eigenvalue weighted by Gasteiger charge is -2.13. The van der Waals surface area contributed by atoms with E-state index in [0.717, 1.165) is 25.1 Å². The van der Waals surface area contributed by atoms with Crippen molar-refractivity contribution in [2.24, 2.45) is 0 Å². The topological polar surface area (TPSA) is 96.0 Å². The standard InChI is InChI=1S/C19H18N6O2/c26-13-25-9-8-14(11-25)22-18-17-19(21-12-20-18)24-16(23-17)7-4-10-27-15-5-2-1-3-6-15/h1-3,5-6,12-14H,8-11H2,(H2,20,21,22,23,24). The van der Waals surface area contributed by atoms with Crippen molar-refractivity contribution < 1.29 is 9.53 Å². The Morgan fingerprint density at radius 1 is 1.33 bits per heavy atom. The lowest BCUT2D eigenvalue weighted by Crippen LogP contribution is -2.25. The molecule has 8 nitrogen and oxygen atoms in total. The van der Waals surface area contributed by atoms with Crippen molar-refractivity contribution in [1.29, 1.82) is 0 Å². The molecule has 8 heteroatoms. The number of amides is 1. The van der Waals surface area contributed by atoms with E-state index in [9.17, 15) is 4.79 Å². The average Bonchev–Trinajstić information content (AvgIpc) is 3.33. The van der Waals surface area contributed by atoms with E-state index in [0.29, 0.717) is 29.4 Å². The number of nitrogens with zero attached hydrogens (tertiary/aromatic N) is 4. The van der Waals surface area contributed by atoms with Crippen LogP contribution in [0.25, 0.3) is 11.2 Å². The molecule has 27 heavy (non-hydrogen) atoms. The molecular formula is C19H18N6O2. The summed E-state index contributed by atoms with van der Waals surface area (Å²) >= 11 is 0. The van der Waals surface area contributed by atoms with E-state index >= 15 is 0 Å². The Kier molecular flexibility index (Phi) is 4.83. The minimum Gasteiger partial charge on any atom is -0.481 e. The highest BCUT2D eigenvalue weighted by atomic mass is 16.5. The number of fused-ring (bicyclic) bond motifs is 1. The van der Waals surface area contributed by atoms with Crippen LogP contribution >= 0.6 is 0 Å². The van der Waals surface area contributed by atoms with Crippen LogP contribution in [0.15, 0.2) is 36.7 Å². The molecule has 3 heterocycles. The van der Waals surface area contributed by atoms with E-state index in [1.807, 2.05) is 30.3 Å². The number of aromatic nitrogens is 4. The number of para-hydroxylation sites is 1. The first-order valence-corrected chi connectivity index (χ1v) is 8.65. The van der Waals surface area contributed by atoms with Crippen LogP contribution in [0.5, 0.6) is 5.75 Å². The predicted octanol–water partition coefficient (Wildman–Crippen LogP) is 1.43. The lowest BCUT2D eigenvalue weighted by molar-refractivity contribution is -0.117. The van der Waals surface area contributed by atoms with Gasteiger partial charge in [0.15, 0.2) is 22.8 Å². The Bertz CT molecular complexity index is 992. The van der Waals surface area contributed by atoms with Crippen molar-refractivity contribution in [3.05, 3.63) is 42.5 Å². The number of ether oxygens (including phenoxy) is 1. The van der Waals surface area contributed by atoms with Gasteiger partial charge in [0, 0.05) is 19.1 Å². The van der Waals surface area contributed by atoms with Crippen molar-refractivity contribution in [2.45, 2.75) is 12.5 Å². The number of benzene rings is 1. The van der Waals surface area contributed by atoms with Gasteiger partial charge in [0.2, 0.25) is 6.41 Å². The number of likely N-dealkylation sites (tertiary alicyclic amines) is 1. The third-order valence-electron chi connectivity index (χ3n) is 4.25. The second-order valence-electron chi connectivity index (χ2n) is 6.14. The van der Waals surface area contributed by atoms with Gasteiger partial charge in [0.05, 0.1) is 0 Å². The molecule has 0 saturated carbocycles. The van der Waals surface area contributed by atoms with Gasteiger partial charge >= 0.3 is 0 Å². The second kappa shape index (κ2) is 7.74. The quantitative estimate of drug-likeness (QED) is 0.526. The van der Waals surface area contributed by atoms with Crippen molar-refractivity contribution in [1.82, 2.24) is 24.8 Å².